The van der Waals surface area contributed by atoms with Gasteiger partial charge in [0, 0.05) is 35.0 Å². The molecule has 0 amide bonds. The van der Waals surface area contributed by atoms with E-state index in [4.69, 9.17) is 17.8 Å². The molecule has 23 heavy (non-hydrogen) atoms. The molecule has 0 fully saturated rings. The third kappa shape index (κ3) is 3.49. The first-order valence-corrected chi connectivity index (χ1v) is 7.45. The highest BCUT2D eigenvalue weighted by molar-refractivity contribution is 5.64. The van der Waals surface area contributed by atoms with Crippen LogP contribution in [0.1, 0.15) is 86.0 Å². The largest absolute Gasteiger partial charge is 0.212 e. The second-order valence-corrected chi connectivity index (χ2v) is 6.93. The molecule has 0 aliphatic heterocycles. The van der Waals surface area contributed by atoms with Crippen molar-refractivity contribution in [2.75, 3.05) is 0 Å². The fraction of sp³-hybridized carbons (Fsp3) is 0.500. The first-order chi connectivity index (χ1) is 15.7. The highest BCUT2D eigenvalue weighted by atomic mass is 14.9. The Morgan fingerprint density at radius 2 is 1.70 bits per heavy atom. The van der Waals surface area contributed by atoms with Crippen LogP contribution in [-0.2, 0) is 12.5 Å². The first-order valence-electron chi connectivity index (χ1n) is 13.9. The minimum Gasteiger partial charge on any atom is -0.201 e. The summed E-state index contributed by atoms with van der Waals surface area (Å²) >= 11 is 0. The number of hydrogen-bond acceptors (Lipinski definition) is 0. The Morgan fingerprint density at radius 1 is 1.04 bits per heavy atom. The van der Waals surface area contributed by atoms with Crippen molar-refractivity contribution in [2.24, 2.45) is 7.05 Å². The van der Waals surface area contributed by atoms with Gasteiger partial charge >= 0.3 is 0 Å². The van der Waals surface area contributed by atoms with E-state index in [0.29, 0.717) is 11.1 Å². The third-order valence-corrected chi connectivity index (χ3v) is 3.99. The molecule has 1 aromatic carbocycles. The lowest BCUT2D eigenvalue weighted by Gasteiger charge is -2.24. The zero-order chi connectivity index (χ0) is 28.4. The minimum absolute atomic E-state index is 0.224. The Bertz CT molecular complexity index is 1130. The number of nitrogens with zero attached hydrogens (tertiary/aromatic N) is 1. The fourth-order valence-electron chi connectivity index (χ4n) is 2.71. The summed E-state index contributed by atoms with van der Waals surface area (Å²) in [6, 6.07) is 3.81. The van der Waals surface area contributed by atoms with Crippen molar-refractivity contribution in [1.82, 2.24) is 0 Å². The van der Waals surface area contributed by atoms with Crippen LogP contribution in [-0.4, -0.2) is 0 Å². The number of benzene rings is 1. The van der Waals surface area contributed by atoms with Gasteiger partial charge < -0.3 is 0 Å². The predicted molar refractivity (Wildman–Crippen MR) is 100 cm³/mol. The standard InChI is InChI=1S/C22H32N/c1-14(2)18-12-21(23(9)13-20(18)22(6,7)8)19-11-16(4)15(3)10-17(19)5/h10-14H,1-9H3/q+1/i1D3,2D3,3D3,4D3,14D. The predicted octanol–water partition coefficient (Wildman–Crippen LogP) is 5.52. The van der Waals surface area contributed by atoms with Crippen molar-refractivity contribution in [3.63, 3.8) is 0 Å². The monoisotopic (exact) mass is 323 g/mol. The molecule has 0 spiro atoms. The number of hydrogen-bond donors (Lipinski definition) is 0. The molecule has 2 aromatic rings. The Kier molecular flexibility index (Phi) is 1.88. The summed E-state index contributed by atoms with van der Waals surface area (Å²) in [5, 5.41) is 0. The van der Waals surface area contributed by atoms with E-state index < -0.39 is 38.7 Å². The highest BCUT2D eigenvalue weighted by Gasteiger charge is 2.26. The lowest BCUT2D eigenvalue weighted by atomic mass is 9.81. The second-order valence-electron chi connectivity index (χ2n) is 6.93. The minimum atomic E-state index is -3.22. The molecule has 0 aliphatic carbocycles. The van der Waals surface area contributed by atoms with E-state index >= 15 is 0 Å². The van der Waals surface area contributed by atoms with Crippen LogP contribution in [0.3, 0.4) is 0 Å². The molecular formula is C22H32N+. The van der Waals surface area contributed by atoms with Crippen LogP contribution in [0.25, 0.3) is 11.3 Å². The van der Waals surface area contributed by atoms with E-state index in [2.05, 4.69) is 0 Å². The number of aryl methyl sites for hydroxylation is 4. The number of rotatable bonds is 2. The normalized spacial score (nSPS) is 23.1. The molecular weight excluding hydrogens is 278 g/mol. The summed E-state index contributed by atoms with van der Waals surface area (Å²) in [6.07, 6.45) is 1.55. The molecule has 0 aliphatic rings. The SMILES string of the molecule is [2H]C([2H])([2H])c1cc(C)c(-c2cc(C([2H])(C([2H])([2H])[2H])C([2H])([2H])[2H])c(C(C)(C)C)c[n+]2C)cc1C([2H])([2H])[2H]. The van der Waals surface area contributed by atoms with Gasteiger partial charge in [0.2, 0.25) is 5.69 Å². The molecule has 2 rings (SSSR count). The molecule has 1 heterocycles. The molecule has 0 atom stereocenters. The average Bonchev–Trinajstić information content (AvgIpc) is 2.63. The third-order valence-electron chi connectivity index (χ3n) is 3.99. The topological polar surface area (TPSA) is 3.88 Å². The first kappa shape index (κ1) is 7.09. The quantitative estimate of drug-likeness (QED) is 0.640. The summed E-state index contributed by atoms with van der Waals surface area (Å²) in [7, 11) is 1.64. The van der Waals surface area contributed by atoms with Gasteiger partial charge in [-0.05, 0) is 60.3 Å². The maximum Gasteiger partial charge on any atom is 0.212 e. The summed E-state index contributed by atoms with van der Waals surface area (Å²) in [6.45, 7) is -4.98. The van der Waals surface area contributed by atoms with E-state index in [1.807, 2.05) is 0 Å². The Morgan fingerprint density at radius 3 is 2.26 bits per heavy atom. The lowest BCUT2D eigenvalue weighted by molar-refractivity contribution is -0.661. The summed E-state index contributed by atoms with van der Waals surface area (Å²) in [5.74, 6) is -2.98. The van der Waals surface area contributed by atoms with Crippen LogP contribution in [0, 0.1) is 20.6 Å². The smallest absolute Gasteiger partial charge is 0.201 e. The lowest BCUT2D eigenvalue weighted by Crippen LogP contribution is -2.34. The van der Waals surface area contributed by atoms with Gasteiger partial charge in [-0.25, -0.2) is 4.57 Å². The molecule has 0 saturated carbocycles. The summed E-state index contributed by atoms with van der Waals surface area (Å²) in [5.41, 5.74) is -0.386. The molecule has 1 nitrogen and oxygen atoms in total. The zero-order valence-corrected chi connectivity index (χ0v) is 14.3. The number of aromatic nitrogens is 1. The van der Waals surface area contributed by atoms with Crippen LogP contribution in [0.2, 0.25) is 0 Å². The zero-order valence-electron chi connectivity index (χ0n) is 27.3. The van der Waals surface area contributed by atoms with Crippen LogP contribution in [0.15, 0.2) is 24.4 Å². The molecule has 0 N–H and O–H groups in total. The molecule has 0 radical (unpaired) electrons. The van der Waals surface area contributed by atoms with E-state index in [9.17, 15) is 0 Å². The van der Waals surface area contributed by atoms with Gasteiger partial charge in [-0.2, -0.15) is 0 Å². The Hall–Kier alpha value is -1.63. The van der Waals surface area contributed by atoms with Crippen LogP contribution in [0.4, 0.5) is 0 Å². The average molecular weight is 324 g/mol. The van der Waals surface area contributed by atoms with E-state index in [0.717, 1.165) is 0 Å². The van der Waals surface area contributed by atoms with E-state index in [1.165, 1.54) is 18.2 Å². The van der Waals surface area contributed by atoms with Gasteiger partial charge in [0.1, 0.15) is 7.05 Å². The van der Waals surface area contributed by atoms with Crippen LogP contribution >= 0.6 is 0 Å². The van der Waals surface area contributed by atoms with Gasteiger partial charge in [-0.15, -0.1) is 0 Å². The second kappa shape index (κ2) is 6.11. The molecule has 1 heteroatoms. The van der Waals surface area contributed by atoms with Gasteiger partial charge in [-0.1, -0.05) is 40.5 Å². The van der Waals surface area contributed by atoms with Crippen molar-refractivity contribution < 1.29 is 22.4 Å². The van der Waals surface area contributed by atoms with E-state index in [1.54, 1.807) is 45.5 Å². The Labute approximate surface area is 160 Å². The maximum absolute atomic E-state index is 8.83. The van der Waals surface area contributed by atoms with Crippen molar-refractivity contribution in [3.8, 4) is 11.3 Å². The van der Waals surface area contributed by atoms with Crippen LogP contribution < -0.4 is 4.57 Å². The van der Waals surface area contributed by atoms with E-state index in [-0.39, 0.29) is 27.9 Å². The summed E-state index contributed by atoms with van der Waals surface area (Å²) in [4.78, 5) is 0. The van der Waals surface area contributed by atoms with Crippen molar-refractivity contribution in [1.29, 1.82) is 0 Å². The fourth-order valence-corrected chi connectivity index (χ4v) is 2.71. The van der Waals surface area contributed by atoms with Gasteiger partial charge in [-0.3, -0.25) is 0 Å². The summed E-state index contributed by atoms with van der Waals surface area (Å²) < 4.78 is 106. The van der Waals surface area contributed by atoms with Crippen LogP contribution in [0.5, 0.6) is 0 Å². The molecule has 1 aromatic heterocycles. The maximum atomic E-state index is 8.83. The number of pyridine rings is 1. The van der Waals surface area contributed by atoms with Crippen molar-refractivity contribution in [3.05, 3.63) is 52.2 Å². The molecule has 124 valence electrons. The van der Waals surface area contributed by atoms with Gasteiger partial charge in [0.15, 0.2) is 6.20 Å². The van der Waals surface area contributed by atoms with Gasteiger partial charge in [0.05, 0.1) is 0 Å². The molecule has 0 saturated heterocycles. The van der Waals surface area contributed by atoms with Crippen molar-refractivity contribution >= 4 is 0 Å². The highest BCUT2D eigenvalue weighted by Crippen LogP contribution is 2.33. The van der Waals surface area contributed by atoms with Crippen molar-refractivity contribution in [2.45, 2.75) is 66.4 Å². The van der Waals surface area contributed by atoms with Gasteiger partial charge in [0.25, 0.3) is 0 Å². The molecule has 0 bridgehead atoms. The Balaban J connectivity index is 3.11. The molecule has 0 unspecified atom stereocenters.